The van der Waals surface area contributed by atoms with E-state index in [2.05, 4.69) is 15.5 Å². The normalized spacial score (nSPS) is 11.1. The fourth-order valence-corrected chi connectivity index (χ4v) is 4.34. The number of carbonyl (C=O) groups excluding carboxylic acids is 1. The number of nitrogens with one attached hydrogen (secondary N) is 1. The fraction of sp³-hybridized carbons (Fsp3) is 0.200. The van der Waals surface area contributed by atoms with Gasteiger partial charge in [0.15, 0.2) is 0 Å². The number of rotatable bonds is 6. The van der Waals surface area contributed by atoms with Crippen molar-refractivity contribution < 1.29 is 13.9 Å². The van der Waals surface area contributed by atoms with Crippen molar-refractivity contribution in [3.05, 3.63) is 67.6 Å². The highest BCUT2D eigenvalue weighted by molar-refractivity contribution is 7.15. The predicted octanol–water partition coefficient (Wildman–Crippen LogP) is 4.34. The molecule has 0 aliphatic heterocycles. The van der Waals surface area contributed by atoms with Gasteiger partial charge in [0, 0.05) is 28.8 Å². The van der Waals surface area contributed by atoms with Crippen LogP contribution in [0.25, 0.3) is 11.0 Å². The van der Waals surface area contributed by atoms with E-state index in [1.807, 2.05) is 31.4 Å². The van der Waals surface area contributed by atoms with Crippen LogP contribution >= 0.6 is 22.7 Å². The van der Waals surface area contributed by atoms with Crippen molar-refractivity contribution in [3.8, 4) is 5.75 Å². The van der Waals surface area contributed by atoms with Crippen LogP contribution in [0.3, 0.4) is 0 Å². The maximum Gasteiger partial charge on any atom is 0.337 e. The Morgan fingerprint density at radius 1 is 1.24 bits per heavy atom. The number of thiophene rings is 1. The van der Waals surface area contributed by atoms with E-state index in [1.165, 1.54) is 22.3 Å². The van der Waals surface area contributed by atoms with Gasteiger partial charge in [0.2, 0.25) is 5.13 Å². The van der Waals surface area contributed by atoms with Crippen LogP contribution in [0.2, 0.25) is 0 Å². The molecule has 148 valence electrons. The molecule has 3 aromatic heterocycles. The zero-order valence-corrected chi connectivity index (χ0v) is 17.3. The minimum Gasteiger partial charge on any atom is -0.491 e. The molecule has 29 heavy (non-hydrogen) atoms. The van der Waals surface area contributed by atoms with Crippen LogP contribution in [-0.2, 0) is 6.42 Å². The van der Waals surface area contributed by atoms with Gasteiger partial charge in [-0.05, 0) is 37.4 Å². The van der Waals surface area contributed by atoms with E-state index in [0.29, 0.717) is 22.7 Å². The third-order valence-corrected chi connectivity index (χ3v) is 5.64. The highest BCUT2D eigenvalue weighted by atomic mass is 32.1. The summed E-state index contributed by atoms with van der Waals surface area (Å²) in [6.45, 7) is 3.80. The second-order valence-electron chi connectivity index (χ2n) is 6.51. The summed E-state index contributed by atoms with van der Waals surface area (Å²) in [6, 6.07) is 10.2. The molecule has 0 fully saturated rings. The summed E-state index contributed by atoms with van der Waals surface area (Å²) in [4.78, 5) is 25.9. The first kappa shape index (κ1) is 19.3. The van der Waals surface area contributed by atoms with Gasteiger partial charge in [-0.3, -0.25) is 10.1 Å². The Hall–Kier alpha value is -3.04. The molecular formula is C20H17N3O4S2. The molecule has 9 heteroatoms. The van der Waals surface area contributed by atoms with Crippen LogP contribution < -0.4 is 15.7 Å². The first-order valence-corrected chi connectivity index (χ1v) is 10.6. The smallest absolute Gasteiger partial charge is 0.337 e. The number of hydrogen-bond donors (Lipinski definition) is 1. The molecule has 0 saturated heterocycles. The van der Waals surface area contributed by atoms with E-state index in [4.69, 9.17) is 9.15 Å². The lowest BCUT2D eigenvalue weighted by Gasteiger charge is -2.10. The second-order valence-corrected chi connectivity index (χ2v) is 8.61. The lowest BCUT2D eigenvalue weighted by molar-refractivity contribution is 0.102. The van der Waals surface area contributed by atoms with Gasteiger partial charge < -0.3 is 9.15 Å². The van der Waals surface area contributed by atoms with Gasteiger partial charge in [-0.15, -0.1) is 21.5 Å². The lowest BCUT2D eigenvalue weighted by Crippen LogP contribution is -2.15. The number of aromatic nitrogens is 2. The Bertz CT molecular complexity index is 1210. The Balaban J connectivity index is 1.58. The van der Waals surface area contributed by atoms with Crippen LogP contribution in [0.15, 0.2) is 51.0 Å². The Morgan fingerprint density at radius 3 is 2.86 bits per heavy atom. The number of nitrogens with zero attached hydrogens (tertiary/aromatic N) is 2. The molecule has 0 unspecified atom stereocenters. The number of benzene rings is 1. The number of carbonyl (C=O) groups is 1. The molecule has 1 aromatic carbocycles. The summed E-state index contributed by atoms with van der Waals surface area (Å²) >= 11 is 2.95. The van der Waals surface area contributed by atoms with Crippen molar-refractivity contribution in [2.75, 3.05) is 5.32 Å². The summed E-state index contributed by atoms with van der Waals surface area (Å²) in [5, 5.41) is 14.6. The monoisotopic (exact) mass is 427 g/mol. The van der Waals surface area contributed by atoms with Gasteiger partial charge in [0.1, 0.15) is 16.3 Å². The van der Waals surface area contributed by atoms with E-state index in [0.717, 1.165) is 5.01 Å². The molecule has 0 aliphatic carbocycles. The highest BCUT2D eigenvalue weighted by Crippen LogP contribution is 2.25. The van der Waals surface area contributed by atoms with E-state index in [-0.39, 0.29) is 17.3 Å². The third kappa shape index (κ3) is 4.52. The summed E-state index contributed by atoms with van der Waals surface area (Å²) < 4.78 is 10.9. The zero-order valence-electron chi connectivity index (χ0n) is 15.7. The van der Waals surface area contributed by atoms with Crippen LogP contribution in [0.4, 0.5) is 5.13 Å². The average molecular weight is 428 g/mol. The summed E-state index contributed by atoms with van der Waals surface area (Å²) in [7, 11) is 0. The Kier molecular flexibility index (Phi) is 5.41. The van der Waals surface area contributed by atoms with Gasteiger partial charge in [0.25, 0.3) is 5.91 Å². The molecule has 4 aromatic rings. The minimum absolute atomic E-state index is 0.0218. The Morgan fingerprint density at radius 2 is 2.10 bits per heavy atom. The first-order valence-electron chi connectivity index (χ1n) is 8.88. The molecule has 0 bridgehead atoms. The number of anilines is 1. The number of hydrogen-bond acceptors (Lipinski definition) is 8. The number of ether oxygens (including phenoxy) is 1. The van der Waals surface area contributed by atoms with E-state index < -0.39 is 11.5 Å². The zero-order chi connectivity index (χ0) is 20.4. The van der Waals surface area contributed by atoms with Gasteiger partial charge in [0.05, 0.1) is 11.7 Å². The second kappa shape index (κ2) is 8.14. The minimum atomic E-state index is -0.611. The van der Waals surface area contributed by atoms with Crippen molar-refractivity contribution in [2.45, 2.75) is 26.4 Å². The molecule has 1 amide bonds. The summed E-state index contributed by atoms with van der Waals surface area (Å²) in [6.07, 6.45) is 0.647. The van der Waals surface area contributed by atoms with Crippen molar-refractivity contribution in [1.29, 1.82) is 0 Å². The van der Waals surface area contributed by atoms with Crippen molar-refractivity contribution >= 4 is 44.7 Å². The molecule has 3 heterocycles. The maximum atomic E-state index is 12.8. The molecule has 7 nitrogen and oxygen atoms in total. The van der Waals surface area contributed by atoms with Gasteiger partial charge >= 0.3 is 5.63 Å². The molecule has 0 radical (unpaired) electrons. The molecular weight excluding hydrogens is 410 g/mol. The van der Waals surface area contributed by atoms with Crippen molar-refractivity contribution in [2.24, 2.45) is 0 Å². The van der Waals surface area contributed by atoms with Gasteiger partial charge in [-0.25, -0.2) is 4.79 Å². The molecule has 0 spiro atoms. The topological polar surface area (TPSA) is 94.3 Å². The van der Waals surface area contributed by atoms with E-state index in [9.17, 15) is 9.59 Å². The van der Waals surface area contributed by atoms with Crippen molar-refractivity contribution in [3.63, 3.8) is 0 Å². The standard InChI is InChI=1S/C20H17N3O4S2/c1-11(2)26-12-5-6-14-15(10-18(24)27-16(14)8-12)19(25)21-20-23-22-17(29-20)9-13-4-3-7-28-13/h3-8,10-11H,9H2,1-2H3,(H,21,23,25). The maximum absolute atomic E-state index is 12.8. The van der Waals surface area contributed by atoms with Crippen LogP contribution in [0.5, 0.6) is 5.75 Å². The molecule has 4 rings (SSSR count). The summed E-state index contributed by atoms with van der Waals surface area (Å²) in [5.74, 6) is 0.120. The Labute approximate surface area is 174 Å². The van der Waals surface area contributed by atoms with Crippen LogP contribution in [0.1, 0.15) is 34.1 Å². The van der Waals surface area contributed by atoms with Gasteiger partial charge in [-0.2, -0.15) is 0 Å². The number of amides is 1. The van der Waals surface area contributed by atoms with E-state index in [1.54, 1.807) is 29.5 Å². The SMILES string of the molecule is CC(C)Oc1ccc2c(C(=O)Nc3nnc(Cc4cccs4)s3)cc(=O)oc2c1. The van der Waals surface area contributed by atoms with Crippen LogP contribution in [0, 0.1) is 0 Å². The molecule has 0 atom stereocenters. The first-order chi connectivity index (χ1) is 14.0. The molecule has 0 aliphatic rings. The third-order valence-electron chi connectivity index (χ3n) is 3.93. The van der Waals surface area contributed by atoms with Gasteiger partial charge in [-0.1, -0.05) is 17.4 Å². The molecule has 1 N–H and O–H groups in total. The summed E-state index contributed by atoms with van der Waals surface area (Å²) in [5.41, 5.74) is -0.112. The fourth-order valence-electron chi connectivity index (χ4n) is 2.78. The average Bonchev–Trinajstić information content (AvgIpc) is 3.32. The lowest BCUT2D eigenvalue weighted by atomic mass is 10.1. The van der Waals surface area contributed by atoms with Crippen molar-refractivity contribution in [1.82, 2.24) is 10.2 Å². The largest absolute Gasteiger partial charge is 0.491 e. The molecule has 0 saturated carbocycles. The number of fused-ring (bicyclic) bond motifs is 1. The predicted molar refractivity (Wildman–Crippen MR) is 113 cm³/mol. The quantitative estimate of drug-likeness (QED) is 0.460. The van der Waals surface area contributed by atoms with E-state index >= 15 is 0 Å². The highest BCUT2D eigenvalue weighted by Gasteiger charge is 2.16. The van der Waals surface area contributed by atoms with Crippen LogP contribution in [-0.4, -0.2) is 22.2 Å².